The fourth-order valence-electron chi connectivity index (χ4n) is 3.62. The van der Waals surface area contributed by atoms with E-state index in [0.29, 0.717) is 38.5 Å². The van der Waals surface area contributed by atoms with Gasteiger partial charge in [0.1, 0.15) is 17.1 Å². The van der Waals surface area contributed by atoms with Crippen molar-refractivity contribution in [3.05, 3.63) is 89.2 Å². The van der Waals surface area contributed by atoms with E-state index >= 15 is 0 Å². The Morgan fingerprint density at radius 3 is 2.68 bits per heavy atom. The van der Waals surface area contributed by atoms with Crippen LogP contribution in [0.25, 0.3) is 21.7 Å². The molecule has 0 saturated heterocycles. The molecule has 9 heteroatoms. The average Bonchev–Trinajstić information content (AvgIpc) is 3.26. The second-order valence-corrected chi connectivity index (χ2v) is 7.87. The van der Waals surface area contributed by atoms with E-state index in [0.717, 1.165) is 5.39 Å². The van der Waals surface area contributed by atoms with Crippen molar-refractivity contribution in [1.82, 2.24) is 15.2 Å². The van der Waals surface area contributed by atoms with Crippen molar-refractivity contribution in [2.24, 2.45) is 0 Å². The highest BCUT2D eigenvalue weighted by atomic mass is 35.5. The largest absolute Gasteiger partial charge is 0.485 e. The molecule has 0 amide bonds. The van der Waals surface area contributed by atoms with Crippen molar-refractivity contribution in [1.29, 1.82) is 0 Å². The quantitative estimate of drug-likeness (QED) is 0.299. The number of ether oxygens (including phenoxy) is 2. The summed E-state index contributed by atoms with van der Waals surface area (Å²) in [7, 11) is 0. The molecule has 0 fully saturated rings. The van der Waals surface area contributed by atoms with Crippen LogP contribution in [-0.2, 0) is 0 Å². The minimum Gasteiger partial charge on any atom is -0.485 e. The van der Waals surface area contributed by atoms with Crippen molar-refractivity contribution < 1.29 is 24.2 Å². The summed E-state index contributed by atoms with van der Waals surface area (Å²) in [5.74, 6) is -0.471. The van der Waals surface area contributed by atoms with Gasteiger partial charge in [-0.1, -0.05) is 17.7 Å². The van der Waals surface area contributed by atoms with Gasteiger partial charge in [-0.05, 0) is 53.2 Å². The van der Waals surface area contributed by atoms with Crippen LogP contribution in [0.2, 0.25) is 5.02 Å². The summed E-state index contributed by atoms with van der Waals surface area (Å²) in [6, 6.07) is 16.8. The lowest BCUT2D eigenvalue weighted by atomic mass is 10.1. The highest BCUT2D eigenvalue weighted by molar-refractivity contribution is 6.31. The molecule has 2 N–H and O–H groups in total. The number of benzene rings is 3. The molecule has 0 unspecified atom stereocenters. The van der Waals surface area contributed by atoms with Crippen molar-refractivity contribution in [3.8, 4) is 17.4 Å². The standard InChI is InChI=1S/C25H16ClN3O5/c26-16-4-3-14-10-23(19(25(31)32)9-15(14)8-16)33-13-22(30)20-12-27-21-11-17(5-6-18(20)21)34-24-2-1-7-28-29-24/h1-12,27H,13H2,(H,31,32). The third kappa shape index (κ3) is 4.26. The Morgan fingerprint density at radius 1 is 1.00 bits per heavy atom. The number of nitrogens with one attached hydrogen (secondary N) is 1. The summed E-state index contributed by atoms with van der Waals surface area (Å²) < 4.78 is 11.3. The van der Waals surface area contributed by atoms with Gasteiger partial charge in [-0.3, -0.25) is 4.79 Å². The van der Waals surface area contributed by atoms with Gasteiger partial charge in [-0.15, -0.1) is 5.10 Å². The fraction of sp³-hybridized carbons (Fsp3) is 0.0400. The molecule has 0 spiro atoms. The molecular weight excluding hydrogens is 458 g/mol. The Morgan fingerprint density at radius 2 is 1.88 bits per heavy atom. The van der Waals surface area contributed by atoms with E-state index in [1.807, 2.05) is 0 Å². The molecule has 34 heavy (non-hydrogen) atoms. The van der Waals surface area contributed by atoms with Crippen molar-refractivity contribution in [2.45, 2.75) is 0 Å². The molecule has 0 radical (unpaired) electrons. The summed E-state index contributed by atoms with van der Waals surface area (Å²) in [6.07, 6.45) is 3.14. The number of hydrogen-bond acceptors (Lipinski definition) is 6. The van der Waals surface area contributed by atoms with Gasteiger partial charge < -0.3 is 19.6 Å². The minimum absolute atomic E-state index is 0.0488. The molecule has 168 valence electrons. The molecule has 3 aromatic carbocycles. The number of Topliss-reactive ketones (excluding diaryl/α,β-unsaturated/α-hetero) is 1. The Balaban J connectivity index is 1.37. The molecular formula is C25H16ClN3O5. The Hall–Kier alpha value is -4.43. The van der Waals surface area contributed by atoms with Crippen LogP contribution in [0.4, 0.5) is 0 Å². The maximum atomic E-state index is 12.9. The number of aromatic carboxylic acids is 1. The second-order valence-electron chi connectivity index (χ2n) is 7.43. The summed E-state index contributed by atoms with van der Waals surface area (Å²) in [4.78, 5) is 27.7. The lowest BCUT2D eigenvalue weighted by Crippen LogP contribution is -2.13. The van der Waals surface area contributed by atoms with Crippen LogP contribution in [-0.4, -0.2) is 38.6 Å². The maximum absolute atomic E-state index is 12.9. The van der Waals surface area contributed by atoms with Crippen LogP contribution < -0.4 is 9.47 Å². The fourth-order valence-corrected chi connectivity index (χ4v) is 3.80. The van der Waals surface area contributed by atoms with Crippen molar-refractivity contribution >= 4 is 45.0 Å². The molecule has 5 aromatic rings. The smallest absolute Gasteiger partial charge is 0.339 e. The van der Waals surface area contributed by atoms with Crippen molar-refractivity contribution in [3.63, 3.8) is 0 Å². The van der Waals surface area contributed by atoms with Gasteiger partial charge in [0.15, 0.2) is 6.61 Å². The minimum atomic E-state index is -1.16. The van der Waals surface area contributed by atoms with Gasteiger partial charge in [-0.25, -0.2) is 4.79 Å². The third-order valence-corrected chi connectivity index (χ3v) is 5.45. The number of halogens is 1. The van der Waals surface area contributed by atoms with E-state index in [1.165, 1.54) is 6.07 Å². The number of carbonyl (C=O) groups is 2. The van der Waals surface area contributed by atoms with Crippen LogP contribution in [0.15, 0.2) is 73.1 Å². The van der Waals surface area contributed by atoms with E-state index in [4.69, 9.17) is 21.1 Å². The predicted molar refractivity (Wildman–Crippen MR) is 126 cm³/mol. The zero-order chi connectivity index (χ0) is 23.7. The average molecular weight is 474 g/mol. The van der Waals surface area contributed by atoms with E-state index in [2.05, 4.69) is 15.2 Å². The number of carboxylic acids is 1. The second kappa shape index (κ2) is 8.84. The number of hydrogen-bond donors (Lipinski definition) is 2. The topological polar surface area (TPSA) is 114 Å². The molecule has 2 heterocycles. The van der Waals surface area contributed by atoms with Gasteiger partial charge in [-0.2, -0.15) is 5.10 Å². The van der Waals surface area contributed by atoms with Crippen LogP contribution in [0.3, 0.4) is 0 Å². The molecule has 5 rings (SSSR count). The van der Waals surface area contributed by atoms with Gasteiger partial charge in [0.05, 0.1) is 0 Å². The Labute approximate surface area is 197 Å². The number of fused-ring (bicyclic) bond motifs is 2. The number of aromatic nitrogens is 3. The first-order chi connectivity index (χ1) is 16.5. The lowest BCUT2D eigenvalue weighted by molar-refractivity contribution is 0.0689. The zero-order valence-electron chi connectivity index (χ0n) is 17.5. The van der Waals surface area contributed by atoms with Crippen LogP contribution in [0.5, 0.6) is 17.4 Å². The van der Waals surface area contributed by atoms with Crippen LogP contribution >= 0.6 is 11.6 Å². The predicted octanol–water partition coefficient (Wildman–Crippen LogP) is 5.52. The Kier molecular flexibility index (Phi) is 5.57. The maximum Gasteiger partial charge on any atom is 0.339 e. The van der Waals surface area contributed by atoms with E-state index in [1.54, 1.807) is 67.0 Å². The number of carboxylic acid groups (broad SMARTS) is 1. The van der Waals surface area contributed by atoms with Gasteiger partial charge in [0.2, 0.25) is 11.7 Å². The molecule has 0 aliphatic rings. The first kappa shape index (κ1) is 21.4. The Bertz CT molecular complexity index is 1550. The summed E-state index contributed by atoms with van der Waals surface area (Å²) >= 11 is 6.01. The van der Waals surface area contributed by atoms with Crippen LogP contribution in [0, 0.1) is 0 Å². The summed E-state index contributed by atoms with van der Waals surface area (Å²) in [5.41, 5.74) is 1.07. The van der Waals surface area contributed by atoms with Gasteiger partial charge in [0, 0.05) is 46.0 Å². The van der Waals surface area contributed by atoms with Crippen LogP contribution in [0.1, 0.15) is 20.7 Å². The highest BCUT2D eigenvalue weighted by Crippen LogP contribution is 2.30. The SMILES string of the molecule is O=C(O)c1cc2cc(Cl)ccc2cc1OCC(=O)c1c[nH]c2cc(Oc3cccnn3)ccc12. The normalized spacial score (nSPS) is 11.0. The number of aromatic amines is 1. The summed E-state index contributed by atoms with van der Waals surface area (Å²) in [5, 5.41) is 19.8. The van der Waals surface area contributed by atoms with Gasteiger partial charge >= 0.3 is 5.97 Å². The van der Waals surface area contributed by atoms with Crippen molar-refractivity contribution in [2.75, 3.05) is 6.61 Å². The first-order valence-electron chi connectivity index (χ1n) is 10.2. The monoisotopic (exact) mass is 473 g/mol. The first-order valence-corrected chi connectivity index (χ1v) is 10.5. The lowest BCUT2D eigenvalue weighted by Gasteiger charge is -2.10. The van der Waals surface area contributed by atoms with Gasteiger partial charge in [0.25, 0.3) is 0 Å². The van der Waals surface area contributed by atoms with E-state index < -0.39 is 5.97 Å². The van der Waals surface area contributed by atoms with E-state index in [9.17, 15) is 14.7 Å². The molecule has 0 aliphatic carbocycles. The molecule has 0 aliphatic heterocycles. The molecule has 0 saturated carbocycles. The molecule has 0 atom stereocenters. The molecule has 2 aromatic heterocycles. The molecule has 8 nitrogen and oxygen atoms in total. The molecule has 0 bridgehead atoms. The number of rotatable bonds is 7. The number of H-pyrrole nitrogens is 1. The number of ketones is 1. The third-order valence-electron chi connectivity index (χ3n) is 5.21. The number of nitrogens with zero attached hydrogens (tertiary/aromatic N) is 2. The number of carbonyl (C=O) groups excluding carboxylic acids is 1. The highest BCUT2D eigenvalue weighted by Gasteiger charge is 2.17. The summed E-state index contributed by atoms with van der Waals surface area (Å²) in [6.45, 7) is -0.329. The zero-order valence-corrected chi connectivity index (χ0v) is 18.2. The van der Waals surface area contributed by atoms with E-state index in [-0.39, 0.29) is 23.7 Å².